The Morgan fingerprint density at radius 2 is 2.27 bits per heavy atom. The lowest BCUT2D eigenvalue weighted by atomic mass is 10.3. The van der Waals surface area contributed by atoms with Crippen molar-refractivity contribution in [3.05, 3.63) is 29.3 Å². The van der Waals surface area contributed by atoms with Gasteiger partial charge in [-0.3, -0.25) is 0 Å². The number of nitrogens with zero attached hydrogens (tertiary/aromatic N) is 1. The highest BCUT2D eigenvalue weighted by atomic mass is 79.9. The maximum absolute atomic E-state index is 4.01. The van der Waals surface area contributed by atoms with Crippen molar-refractivity contribution < 1.29 is 0 Å². The standard InChI is InChI=1S/C7H6BrN3/c8-7-10-4-6(11-7)5-2-1-3-9-5/h1-4,9H,(H,10,11). The highest BCUT2D eigenvalue weighted by Crippen LogP contribution is 2.15. The number of H-pyrrole nitrogens is 2. The van der Waals surface area contributed by atoms with Gasteiger partial charge < -0.3 is 9.97 Å². The third kappa shape index (κ3) is 1.21. The first-order chi connectivity index (χ1) is 5.36. The van der Waals surface area contributed by atoms with Crippen molar-refractivity contribution in [3.63, 3.8) is 0 Å². The number of hydrogen-bond donors (Lipinski definition) is 2. The van der Waals surface area contributed by atoms with Crippen LogP contribution in [0.1, 0.15) is 0 Å². The Labute approximate surface area is 72.0 Å². The first-order valence-electron chi connectivity index (χ1n) is 3.20. The van der Waals surface area contributed by atoms with Crippen LogP contribution in [-0.2, 0) is 0 Å². The van der Waals surface area contributed by atoms with Crippen molar-refractivity contribution in [2.45, 2.75) is 0 Å². The van der Waals surface area contributed by atoms with Gasteiger partial charge in [0.2, 0.25) is 0 Å². The van der Waals surface area contributed by atoms with Crippen LogP contribution in [0.15, 0.2) is 29.3 Å². The van der Waals surface area contributed by atoms with Crippen molar-refractivity contribution in [1.82, 2.24) is 15.0 Å². The number of halogens is 1. The summed E-state index contributed by atoms with van der Waals surface area (Å²) in [6.45, 7) is 0. The molecule has 0 spiro atoms. The molecule has 0 radical (unpaired) electrons. The van der Waals surface area contributed by atoms with E-state index in [9.17, 15) is 0 Å². The second-order valence-electron chi connectivity index (χ2n) is 2.17. The monoisotopic (exact) mass is 211 g/mol. The lowest BCUT2D eigenvalue weighted by molar-refractivity contribution is 1.23. The maximum atomic E-state index is 4.01. The summed E-state index contributed by atoms with van der Waals surface area (Å²) >= 11 is 3.24. The zero-order chi connectivity index (χ0) is 7.68. The lowest BCUT2D eigenvalue weighted by Crippen LogP contribution is -1.74. The minimum atomic E-state index is 0.752. The summed E-state index contributed by atoms with van der Waals surface area (Å²) in [6.07, 6.45) is 3.65. The Bertz CT molecular complexity index is 336. The second-order valence-corrected chi connectivity index (χ2v) is 2.92. The van der Waals surface area contributed by atoms with Crippen LogP contribution in [0.25, 0.3) is 11.4 Å². The molecule has 56 valence electrons. The van der Waals surface area contributed by atoms with E-state index in [2.05, 4.69) is 30.9 Å². The topological polar surface area (TPSA) is 44.5 Å². The van der Waals surface area contributed by atoms with E-state index in [1.54, 1.807) is 6.20 Å². The molecule has 0 saturated heterocycles. The molecule has 0 aliphatic heterocycles. The molecular weight excluding hydrogens is 206 g/mol. The molecule has 0 unspecified atom stereocenters. The van der Waals surface area contributed by atoms with E-state index in [1.165, 1.54) is 0 Å². The molecule has 0 aromatic carbocycles. The molecule has 2 heterocycles. The first-order valence-corrected chi connectivity index (χ1v) is 4.00. The van der Waals surface area contributed by atoms with Crippen molar-refractivity contribution in [1.29, 1.82) is 0 Å². The van der Waals surface area contributed by atoms with Gasteiger partial charge in [-0.05, 0) is 28.1 Å². The molecule has 0 saturated carbocycles. The van der Waals surface area contributed by atoms with Crippen LogP contribution in [-0.4, -0.2) is 15.0 Å². The Balaban J connectivity index is 2.45. The lowest BCUT2D eigenvalue weighted by Gasteiger charge is -1.87. The van der Waals surface area contributed by atoms with Gasteiger partial charge >= 0.3 is 0 Å². The number of aromatic nitrogens is 3. The smallest absolute Gasteiger partial charge is 0.174 e. The Morgan fingerprint density at radius 1 is 1.36 bits per heavy atom. The average molecular weight is 212 g/mol. The fourth-order valence-corrected chi connectivity index (χ4v) is 1.25. The van der Waals surface area contributed by atoms with E-state index in [0.29, 0.717) is 0 Å². The fourth-order valence-electron chi connectivity index (χ4n) is 0.932. The highest BCUT2D eigenvalue weighted by Gasteiger charge is 1.99. The van der Waals surface area contributed by atoms with E-state index in [-0.39, 0.29) is 0 Å². The van der Waals surface area contributed by atoms with Crippen LogP contribution in [0, 0.1) is 0 Å². The number of nitrogens with one attached hydrogen (secondary N) is 2. The minimum Gasteiger partial charge on any atom is -0.360 e. The summed E-state index contributed by atoms with van der Waals surface area (Å²) in [6, 6.07) is 3.93. The third-order valence-corrected chi connectivity index (χ3v) is 1.84. The first kappa shape index (κ1) is 6.67. The molecule has 4 heteroatoms. The van der Waals surface area contributed by atoms with Gasteiger partial charge in [-0.25, -0.2) is 4.98 Å². The molecule has 0 amide bonds. The van der Waals surface area contributed by atoms with Crippen LogP contribution >= 0.6 is 15.9 Å². The van der Waals surface area contributed by atoms with Crippen LogP contribution < -0.4 is 0 Å². The summed E-state index contributed by atoms with van der Waals surface area (Å²) in [5.74, 6) is 0. The normalized spacial score (nSPS) is 10.3. The van der Waals surface area contributed by atoms with Gasteiger partial charge in [0, 0.05) is 6.20 Å². The van der Waals surface area contributed by atoms with Gasteiger partial charge in [-0.2, -0.15) is 0 Å². The molecule has 0 atom stereocenters. The van der Waals surface area contributed by atoms with Crippen molar-refractivity contribution >= 4 is 15.9 Å². The molecule has 3 nitrogen and oxygen atoms in total. The van der Waals surface area contributed by atoms with Gasteiger partial charge in [0.15, 0.2) is 4.73 Å². The van der Waals surface area contributed by atoms with E-state index >= 15 is 0 Å². The SMILES string of the molecule is Brc1ncc(-c2ccc[nH]2)[nH]1. The number of aromatic amines is 2. The van der Waals surface area contributed by atoms with Crippen molar-refractivity contribution in [2.24, 2.45) is 0 Å². The molecule has 2 aromatic heterocycles. The highest BCUT2D eigenvalue weighted by molar-refractivity contribution is 9.10. The van der Waals surface area contributed by atoms with Gasteiger partial charge in [0.25, 0.3) is 0 Å². The molecule has 0 aliphatic carbocycles. The largest absolute Gasteiger partial charge is 0.360 e. The predicted octanol–water partition coefficient (Wildman–Crippen LogP) is 2.17. The van der Waals surface area contributed by atoms with E-state index < -0.39 is 0 Å². The molecule has 2 N–H and O–H groups in total. The number of hydrogen-bond acceptors (Lipinski definition) is 1. The number of imidazole rings is 1. The van der Waals surface area contributed by atoms with E-state index in [1.807, 2.05) is 18.3 Å². The predicted molar refractivity (Wildman–Crippen MR) is 46.1 cm³/mol. The van der Waals surface area contributed by atoms with Crippen molar-refractivity contribution in [3.8, 4) is 11.4 Å². The molecule has 11 heavy (non-hydrogen) atoms. The Kier molecular flexibility index (Phi) is 1.54. The quantitative estimate of drug-likeness (QED) is 0.747. The Morgan fingerprint density at radius 3 is 2.82 bits per heavy atom. The molecule has 0 fully saturated rings. The number of rotatable bonds is 1. The van der Waals surface area contributed by atoms with Gasteiger partial charge in [0.1, 0.15) is 0 Å². The van der Waals surface area contributed by atoms with E-state index in [0.717, 1.165) is 16.1 Å². The van der Waals surface area contributed by atoms with Crippen molar-refractivity contribution in [2.75, 3.05) is 0 Å². The summed E-state index contributed by atoms with van der Waals surface area (Å²) < 4.78 is 0.752. The molecule has 2 rings (SSSR count). The summed E-state index contributed by atoms with van der Waals surface area (Å²) in [7, 11) is 0. The minimum absolute atomic E-state index is 0.752. The second kappa shape index (κ2) is 2.54. The van der Waals surface area contributed by atoms with E-state index in [4.69, 9.17) is 0 Å². The van der Waals surface area contributed by atoms with Crippen LogP contribution in [0.2, 0.25) is 0 Å². The third-order valence-electron chi connectivity index (χ3n) is 1.43. The summed E-state index contributed by atoms with van der Waals surface area (Å²) in [5.41, 5.74) is 2.03. The molecule has 0 bridgehead atoms. The summed E-state index contributed by atoms with van der Waals surface area (Å²) in [5, 5.41) is 0. The van der Waals surface area contributed by atoms with Gasteiger partial charge in [-0.15, -0.1) is 0 Å². The van der Waals surface area contributed by atoms with Crippen LogP contribution in [0.4, 0.5) is 0 Å². The van der Waals surface area contributed by atoms with Crippen LogP contribution in [0.5, 0.6) is 0 Å². The maximum Gasteiger partial charge on any atom is 0.174 e. The molecule has 2 aromatic rings. The summed E-state index contributed by atoms with van der Waals surface area (Å²) in [4.78, 5) is 10.1. The van der Waals surface area contributed by atoms with Gasteiger partial charge in [0.05, 0.1) is 17.6 Å². The van der Waals surface area contributed by atoms with Crippen LogP contribution in [0.3, 0.4) is 0 Å². The Hall–Kier alpha value is -1.03. The average Bonchev–Trinajstić information content (AvgIpc) is 2.55. The van der Waals surface area contributed by atoms with Gasteiger partial charge in [-0.1, -0.05) is 0 Å². The fraction of sp³-hybridized carbons (Fsp3) is 0. The zero-order valence-corrected chi connectivity index (χ0v) is 7.22. The molecular formula is C7H6BrN3. The molecule has 0 aliphatic rings. The zero-order valence-electron chi connectivity index (χ0n) is 5.63.